The van der Waals surface area contributed by atoms with Gasteiger partial charge in [0.1, 0.15) is 5.75 Å². The van der Waals surface area contributed by atoms with Gasteiger partial charge < -0.3 is 15.2 Å². The van der Waals surface area contributed by atoms with Gasteiger partial charge in [-0.05, 0) is 37.5 Å². The molecule has 2 N–H and O–H groups in total. The van der Waals surface area contributed by atoms with Crippen LogP contribution in [-0.4, -0.2) is 55.4 Å². The van der Waals surface area contributed by atoms with Gasteiger partial charge >= 0.3 is 0 Å². The quantitative estimate of drug-likeness (QED) is 0.796. The molecule has 1 aliphatic rings. The van der Waals surface area contributed by atoms with Gasteiger partial charge in [-0.15, -0.1) is 0 Å². The van der Waals surface area contributed by atoms with E-state index in [2.05, 4.69) is 17.1 Å². The summed E-state index contributed by atoms with van der Waals surface area (Å²) < 4.78 is 5.34. The second-order valence-corrected chi connectivity index (χ2v) is 5.51. The Labute approximate surface area is 121 Å². The van der Waals surface area contributed by atoms with Crippen LogP contribution in [0.15, 0.2) is 24.3 Å². The normalized spacial score (nSPS) is 18.1. The summed E-state index contributed by atoms with van der Waals surface area (Å²) in [5.41, 5.74) is 1.28. The maximum atomic E-state index is 9.25. The first-order valence-electron chi connectivity index (χ1n) is 7.55. The van der Waals surface area contributed by atoms with E-state index in [-0.39, 0.29) is 0 Å². The Kier molecular flexibility index (Phi) is 6.30. The average Bonchev–Trinajstić information content (AvgIpc) is 2.48. The molecule has 1 fully saturated rings. The summed E-state index contributed by atoms with van der Waals surface area (Å²) in [7, 11) is 0. The molecule has 0 bridgehead atoms. The fraction of sp³-hybridized carbons (Fsp3) is 0.625. The van der Waals surface area contributed by atoms with E-state index in [9.17, 15) is 5.11 Å². The molecular formula is C16H26N2O2. The number of hydrogen-bond acceptors (Lipinski definition) is 4. The zero-order valence-electron chi connectivity index (χ0n) is 12.3. The van der Waals surface area contributed by atoms with Gasteiger partial charge in [-0.25, -0.2) is 0 Å². The molecule has 20 heavy (non-hydrogen) atoms. The van der Waals surface area contributed by atoms with E-state index in [1.165, 1.54) is 5.56 Å². The zero-order valence-corrected chi connectivity index (χ0v) is 12.3. The highest BCUT2D eigenvalue weighted by Crippen LogP contribution is 2.11. The number of rotatable bonds is 7. The van der Waals surface area contributed by atoms with E-state index in [1.807, 2.05) is 12.1 Å². The lowest BCUT2D eigenvalue weighted by molar-refractivity contribution is 0.0381. The Bertz CT molecular complexity index is 375. The highest BCUT2D eigenvalue weighted by atomic mass is 16.5. The summed E-state index contributed by atoms with van der Waals surface area (Å²) in [6.45, 7) is 8.24. The second kappa shape index (κ2) is 8.25. The minimum atomic E-state index is 0.338. The molecule has 1 heterocycles. The van der Waals surface area contributed by atoms with Crippen LogP contribution < -0.4 is 5.32 Å². The molecule has 1 saturated heterocycles. The standard InChI is InChI=1S/C16H26N2O2/c1-14(2-3-15-4-6-16(19)7-5-15)17-8-9-18-10-12-20-13-11-18/h4-7,14,17,19H,2-3,8-13H2,1H3/t14-/m1/s1. The van der Waals surface area contributed by atoms with Gasteiger partial charge in [-0.3, -0.25) is 4.90 Å². The molecule has 1 aliphatic heterocycles. The van der Waals surface area contributed by atoms with Crippen molar-refractivity contribution in [3.05, 3.63) is 29.8 Å². The Morgan fingerprint density at radius 2 is 1.95 bits per heavy atom. The van der Waals surface area contributed by atoms with Gasteiger partial charge in [0.15, 0.2) is 0 Å². The molecule has 0 spiro atoms. The number of phenolic OH excluding ortho intramolecular Hbond substituents is 1. The Hall–Kier alpha value is -1.10. The maximum absolute atomic E-state index is 9.25. The number of nitrogens with one attached hydrogen (secondary N) is 1. The lowest BCUT2D eigenvalue weighted by Gasteiger charge is -2.27. The van der Waals surface area contributed by atoms with Crippen molar-refractivity contribution in [2.75, 3.05) is 39.4 Å². The molecule has 0 saturated carbocycles. The number of benzene rings is 1. The highest BCUT2D eigenvalue weighted by molar-refractivity contribution is 5.25. The van der Waals surface area contributed by atoms with Gasteiger partial charge in [0, 0.05) is 32.2 Å². The van der Waals surface area contributed by atoms with Crippen LogP contribution in [0.4, 0.5) is 0 Å². The lowest BCUT2D eigenvalue weighted by Crippen LogP contribution is -2.41. The van der Waals surface area contributed by atoms with Crippen LogP contribution in [-0.2, 0) is 11.2 Å². The second-order valence-electron chi connectivity index (χ2n) is 5.51. The van der Waals surface area contributed by atoms with Crippen LogP contribution in [0.25, 0.3) is 0 Å². The Morgan fingerprint density at radius 3 is 2.65 bits per heavy atom. The number of phenols is 1. The number of nitrogens with zero attached hydrogens (tertiary/aromatic N) is 1. The van der Waals surface area contributed by atoms with Crippen molar-refractivity contribution in [2.45, 2.75) is 25.8 Å². The van der Waals surface area contributed by atoms with E-state index < -0.39 is 0 Å². The van der Waals surface area contributed by atoms with E-state index in [4.69, 9.17) is 4.74 Å². The summed E-state index contributed by atoms with van der Waals surface area (Å²) in [4.78, 5) is 2.45. The van der Waals surface area contributed by atoms with Crippen molar-refractivity contribution in [1.82, 2.24) is 10.2 Å². The van der Waals surface area contributed by atoms with Crippen LogP contribution in [0.5, 0.6) is 5.75 Å². The first kappa shape index (κ1) is 15.3. The summed E-state index contributed by atoms with van der Waals surface area (Å²) in [5.74, 6) is 0.338. The van der Waals surface area contributed by atoms with E-state index in [0.717, 1.165) is 52.2 Å². The molecule has 1 aromatic rings. The van der Waals surface area contributed by atoms with E-state index >= 15 is 0 Å². The van der Waals surface area contributed by atoms with Crippen LogP contribution in [0.3, 0.4) is 0 Å². The molecule has 112 valence electrons. The monoisotopic (exact) mass is 278 g/mol. The molecule has 0 aromatic heterocycles. The zero-order chi connectivity index (χ0) is 14.2. The molecule has 1 atom stereocenters. The SMILES string of the molecule is C[C@H](CCc1ccc(O)cc1)NCCN1CCOCC1. The van der Waals surface area contributed by atoms with Crippen molar-refractivity contribution >= 4 is 0 Å². The molecule has 4 heteroatoms. The number of aromatic hydroxyl groups is 1. The van der Waals surface area contributed by atoms with Crippen LogP contribution >= 0.6 is 0 Å². The summed E-state index contributed by atoms with van der Waals surface area (Å²) in [6.07, 6.45) is 2.17. The Balaban J connectivity index is 1.57. The minimum absolute atomic E-state index is 0.338. The third-order valence-corrected chi connectivity index (χ3v) is 3.83. The van der Waals surface area contributed by atoms with Crippen LogP contribution in [0.2, 0.25) is 0 Å². The topological polar surface area (TPSA) is 44.7 Å². The van der Waals surface area contributed by atoms with Crippen molar-refractivity contribution < 1.29 is 9.84 Å². The summed E-state index contributed by atoms with van der Waals surface area (Å²) in [5, 5.41) is 12.8. The van der Waals surface area contributed by atoms with Gasteiger partial charge in [0.2, 0.25) is 0 Å². The molecule has 2 rings (SSSR count). The van der Waals surface area contributed by atoms with Crippen LogP contribution in [0, 0.1) is 0 Å². The lowest BCUT2D eigenvalue weighted by atomic mass is 10.1. The fourth-order valence-electron chi connectivity index (χ4n) is 2.44. The third kappa shape index (κ3) is 5.49. The largest absolute Gasteiger partial charge is 0.508 e. The molecule has 4 nitrogen and oxygen atoms in total. The highest BCUT2D eigenvalue weighted by Gasteiger charge is 2.10. The predicted molar refractivity (Wildman–Crippen MR) is 81.2 cm³/mol. The van der Waals surface area contributed by atoms with Gasteiger partial charge in [-0.1, -0.05) is 12.1 Å². The number of hydrogen-bond donors (Lipinski definition) is 2. The van der Waals surface area contributed by atoms with Crippen molar-refractivity contribution in [3.8, 4) is 5.75 Å². The molecule has 0 radical (unpaired) electrons. The summed E-state index contributed by atoms with van der Waals surface area (Å²) in [6, 6.07) is 8.02. The molecule has 0 amide bonds. The Morgan fingerprint density at radius 1 is 1.25 bits per heavy atom. The van der Waals surface area contributed by atoms with Crippen LogP contribution in [0.1, 0.15) is 18.9 Å². The molecule has 0 aliphatic carbocycles. The van der Waals surface area contributed by atoms with Gasteiger partial charge in [0.25, 0.3) is 0 Å². The average molecular weight is 278 g/mol. The summed E-state index contributed by atoms with van der Waals surface area (Å²) >= 11 is 0. The predicted octanol–water partition coefficient (Wildman–Crippen LogP) is 1.64. The van der Waals surface area contributed by atoms with Gasteiger partial charge in [0.05, 0.1) is 13.2 Å². The number of ether oxygens (including phenoxy) is 1. The number of aryl methyl sites for hydroxylation is 1. The number of morpholine rings is 1. The van der Waals surface area contributed by atoms with E-state index in [1.54, 1.807) is 12.1 Å². The molecular weight excluding hydrogens is 252 g/mol. The van der Waals surface area contributed by atoms with Crippen molar-refractivity contribution in [3.63, 3.8) is 0 Å². The van der Waals surface area contributed by atoms with Crippen molar-refractivity contribution in [2.24, 2.45) is 0 Å². The first-order valence-corrected chi connectivity index (χ1v) is 7.55. The fourth-order valence-corrected chi connectivity index (χ4v) is 2.44. The molecule has 1 aromatic carbocycles. The minimum Gasteiger partial charge on any atom is -0.508 e. The smallest absolute Gasteiger partial charge is 0.115 e. The molecule has 0 unspecified atom stereocenters. The van der Waals surface area contributed by atoms with Gasteiger partial charge in [-0.2, -0.15) is 0 Å². The maximum Gasteiger partial charge on any atom is 0.115 e. The third-order valence-electron chi connectivity index (χ3n) is 3.83. The van der Waals surface area contributed by atoms with Crippen molar-refractivity contribution in [1.29, 1.82) is 0 Å². The first-order chi connectivity index (χ1) is 9.74. The van der Waals surface area contributed by atoms with E-state index in [0.29, 0.717) is 11.8 Å².